The first kappa shape index (κ1) is 17.7. The van der Waals surface area contributed by atoms with E-state index in [0.717, 1.165) is 50.5 Å². The summed E-state index contributed by atoms with van der Waals surface area (Å²) in [6.07, 6.45) is 7.70. The normalized spacial score (nSPS) is 16.0. The van der Waals surface area contributed by atoms with Crippen molar-refractivity contribution in [3.8, 4) is 0 Å². The Morgan fingerprint density at radius 1 is 1.32 bits per heavy atom. The van der Waals surface area contributed by atoms with E-state index in [9.17, 15) is 4.79 Å². The molecule has 1 aliphatic heterocycles. The van der Waals surface area contributed by atoms with Gasteiger partial charge in [-0.1, -0.05) is 0 Å². The minimum atomic E-state index is 0.0972. The molecular formula is C18H28N6O. The summed E-state index contributed by atoms with van der Waals surface area (Å²) >= 11 is 0. The van der Waals surface area contributed by atoms with E-state index in [1.807, 2.05) is 31.3 Å². The number of aryl methyl sites for hydroxylation is 2. The van der Waals surface area contributed by atoms with E-state index in [-0.39, 0.29) is 5.91 Å². The molecule has 0 aliphatic carbocycles. The summed E-state index contributed by atoms with van der Waals surface area (Å²) in [4.78, 5) is 21.4. The number of hydrogen-bond donors (Lipinski definition) is 0. The molecule has 0 radical (unpaired) electrons. The standard InChI is InChI=1S/C18H28N6O/c1-14-16(13-22(4)20-14)18(25)24-8-5-15(6-9-24)17-19-7-10-23(17)12-11-21(2)3/h7,10,13,15H,5-6,8-9,11-12H2,1-4H3. The fraction of sp³-hybridized carbons (Fsp3) is 0.611. The monoisotopic (exact) mass is 344 g/mol. The molecule has 0 unspecified atom stereocenters. The summed E-state index contributed by atoms with van der Waals surface area (Å²) in [6, 6.07) is 0. The lowest BCUT2D eigenvalue weighted by Crippen LogP contribution is -2.38. The lowest BCUT2D eigenvalue weighted by Gasteiger charge is -2.32. The molecule has 3 rings (SSSR count). The van der Waals surface area contributed by atoms with E-state index in [1.165, 1.54) is 0 Å². The number of nitrogens with zero attached hydrogens (tertiary/aromatic N) is 6. The van der Waals surface area contributed by atoms with E-state index >= 15 is 0 Å². The van der Waals surface area contributed by atoms with Gasteiger partial charge < -0.3 is 14.4 Å². The average Bonchev–Trinajstić information content (AvgIpc) is 3.18. The van der Waals surface area contributed by atoms with Gasteiger partial charge in [0.05, 0.1) is 11.3 Å². The number of carbonyl (C=O) groups excluding carboxylic acids is 1. The summed E-state index contributed by atoms with van der Waals surface area (Å²) in [5, 5.41) is 4.28. The highest BCUT2D eigenvalue weighted by Crippen LogP contribution is 2.28. The lowest BCUT2D eigenvalue weighted by molar-refractivity contribution is 0.0709. The van der Waals surface area contributed by atoms with Crippen molar-refractivity contribution >= 4 is 5.91 Å². The molecule has 1 saturated heterocycles. The van der Waals surface area contributed by atoms with Crippen molar-refractivity contribution in [1.82, 2.24) is 29.1 Å². The van der Waals surface area contributed by atoms with Gasteiger partial charge in [-0.05, 0) is 33.9 Å². The predicted molar refractivity (Wildman–Crippen MR) is 96.6 cm³/mol. The SMILES string of the molecule is Cc1nn(C)cc1C(=O)N1CCC(c2nccn2CCN(C)C)CC1. The third kappa shape index (κ3) is 3.92. The Morgan fingerprint density at radius 2 is 2.04 bits per heavy atom. The van der Waals surface area contributed by atoms with E-state index in [4.69, 9.17) is 0 Å². The molecule has 136 valence electrons. The smallest absolute Gasteiger partial charge is 0.257 e. The van der Waals surface area contributed by atoms with Gasteiger partial charge in [-0.25, -0.2) is 4.98 Å². The highest BCUT2D eigenvalue weighted by molar-refractivity contribution is 5.95. The fourth-order valence-electron chi connectivity index (χ4n) is 3.50. The molecule has 25 heavy (non-hydrogen) atoms. The van der Waals surface area contributed by atoms with Gasteiger partial charge in [-0.3, -0.25) is 9.48 Å². The number of likely N-dealkylation sites (tertiary alicyclic amines) is 1. The Balaban J connectivity index is 1.62. The maximum absolute atomic E-state index is 12.7. The molecule has 7 nitrogen and oxygen atoms in total. The topological polar surface area (TPSA) is 59.2 Å². The number of amides is 1. The van der Waals surface area contributed by atoms with Gasteiger partial charge in [0.15, 0.2) is 0 Å². The molecule has 0 aromatic carbocycles. The quantitative estimate of drug-likeness (QED) is 0.825. The van der Waals surface area contributed by atoms with Crippen LogP contribution in [0.2, 0.25) is 0 Å². The van der Waals surface area contributed by atoms with Crippen LogP contribution < -0.4 is 0 Å². The Kier molecular flexibility index (Phi) is 5.22. The minimum absolute atomic E-state index is 0.0972. The van der Waals surface area contributed by atoms with E-state index in [1.54, 1.807) is 4.68 Å². The minimum Gasteiger partial charge on any atom is -0.338 e. The van der Waals surface area contributed by atoms with Crippen LogP contribution in [-0.2, 0) is 13.6 Å². The third-order valence-electron chi connectivity index (χ3n) is 4.93. The number of rotatable bonds is 5. The maximum Gasteiger partial charge on any atom is 0.257 e. The third-order valence-corrected chi connectivity index (χ3v) is 4.93. The molecule has 1 fully saturated rings. The van der Waals surface area contributed by atoms with E-state index in [0.29, 0.717) is 11.5 Å². The second-order valence-electron chi connectivity index (χ2n) is 7.15. The number of likely N-dealkylation sites (N-methyl/N-ethyl adjacent to an activating group) is 1. The number of hydrogen-bond acceptors (Lipinski definition) is 4. The molecular weight excluding hydrogens is 316 g/mol. The molecule has 2 aromatic heterocycles. The molecule has 7 heteroatoms. The van der Waals surface area contributed by atoms with Crippen LogP contribution in [0.25, 0.3) is 0 Å². The number of imidazole rings is 1. The number of carbonyl (C=O) groups is 1. The lowest BCUT2D eigenvalue weighted by atomic mass is 9.95. The van der Waals surface area contributed by atoms with Crippen molar-refractivity contribution in [2.24, 2.45) is 7.05 Å². The molecule has 1 amide bonds. The first-order valence-electron chi connectivity index (χ1n) is 8.91. The Bertz CT molecular complexity index is 724. The number of piperidine rings is 1. The average molecular weight is 344 g/mol. The highest BCUT2D eigenvalue weighted by atomic mass is 16.2. The first-order chi connectivity index (χ1) is 12.0. The van der Waals surface area contributed by atoms with Crippen molar-refractivity contribution in [3.63, 3.8) is 0 Å². The van der Waals surface area contributed by atoms with E-state index < -0.39 is 0 Å². The van der Waals surface area contributed by atoms with E-state index in [2.05, 4.69) is 39.8 Å². The van der Waals surface area contributed by atoms with Crippen LogP contribution in [0.5, 0.6) is 0 Å². The molecule has 0 N–H and O–H groups in total. The summed E-state index contributed by atoms with van der Waals surface area (Å²) < 4.78 is 3.96. The predicted octanol–water partition coefficient (Wildman–Crippen LogP) is 1.51. The molecule has 3 heterocycles. The summed E-state index contributed by atoms with van der Waals surface area (Å²) in [5.74, 6) is 1.68. The van der Waals surface area contributed by atoms with Gasteiger partial charge >= 0.3 is 0 Å². The molecule has 2 aromatic rings. The molecule has 0 bridgehead atoms. The van der Waals surface area contributed by atoms with Crippen molar-refractivity contribution in [2.75, 3.05) is 33.7 Å². The Hall–Kier alpha value is -2.15. The molecule has 0 atom stereocenters. The Labute approximate surface area is 149 Å². The van der Waals surface area contributed by atoms with Crippen LogP contribution in [0.1, 0.15) is 40.6 Å². The van der Waals surface area contributed by atoms with Gasteiger partial charge in [0.1, 0.15) is 5.82 Å². The highest BCUT2D eigenvalue weighted by Gasteiger charge is 2.28. The fourth-order valence-corrected chi connectivity index (χ4v) is 3.50. The maximum atomic E-state index is 12.7. The zero-order valence-corrected chi connectivity index (χ0v) is 15.6. The summed E-state index contributed by atoms with van der Waals surface area (Å²) in [5.41, 5.74) is 1.52. The van der Waals surface area contributed by atoms with Gasteiger partial charge in [-0.2, -0.15) is 5.10 Å². The van der Waals surface area contributed by atoms with Crippen molar-refractivity contribution in [2.45, 2.75) is 32.2 Å². The number of aromatic nitrogens is 4. The van der Waals surface area contributed by atoms with Crippen LogP contribution >= 0.6 is 0 Å². The van der Waals surface area contributed by atoms with Crippen LogP contribution in [0.3, 0.4) is 0 Å². The van der Waals surface area contributed by atoms with Gasteiger partial charge in [0.2, 0.25) is 0 Å². The van der Waals surface area contributed by atoms with Crippen LogP contribution in [0.4, 0.5) is 0 Å². The van der Waals surface area contributed by atoms with Crippen molar-refractivity contribution in [1.29, 1.82) is 0 Å². The second-order valence-corrected chi connectivity index (χ2v) is 7.15. The van der Waals surface area contributed by atoms with Crippen LogP contribution in [-0.4, -0.2) is 68.8 Å². The molecule has 0 spiro atoms. The summed E-state index contributed by atoms with van der Waals surface area (Å²) in [6.45, 7) is 5.40. The van der Waals surface area contributed by atoms with Gasteiger partial charge in [0, 0.05) is 57.7 Å². The zero-order chi connectivity index (χ0) is 18.0. The van der Waals surface area contributed by atoms with Crippen molar-refractivity contribution in [3.05, 3.63) is 35.7 Å². The molecule has 1 aliphatic rings. The second kappa shape index (κ2) is 7.39. The molecule has 0 saturated carbocycles. The largest absolute Gasteiger partial charge is 0.338 e. The van der Waals surface area contributed by atoms with Crippen molar-refractivity contribution < 1.29 is 4.79 Å². The first-order valence-corrected chi connectivity index (χ1v) is 8.91. The van der Waals surface area contributed by atoms with Crippen LogP contribution in [0, 0.1) is 6.92 Å². The van der Waals surface area contributed by atoms with Gasteiger partial charge in [-0.15, -0.1) is 0 Å². The Morgan fingerprint density at radius 3 is 2.64 bits per heavy atom. The zero-order valence-electron chi connectivity index (χ0n) is 15.6. The van der Waals surface area contributed by atoms with Gasteiger partial charge in [0.25, 0.3) is 5.91 Å². The van der Waals surface area contributed by atoms with Crippen LogP contribution in [0.15, 0.2) is 18.6 Å². The summed E-state index contributed by atoms with van der Waals surface area (Å²) in [7, 11) is 6.02.